The van der Waals surface area contributed by atoms with Gasteiger partial charge in [-0.05, 0) is 48.4 Å². The molecule has 0 saturated heterocycles. The lowest BCUT2D eigenvalue weighted by atomic mass is 10.1. The van der Waals surface area contributed by atoms with E-state index in [4.69, 9.17) is 9.47 Å². The topological polar surface area (TPSA) is 93.7 Å². The first-order valence-corrected chi connectivity index (χ1v) is 10.0. The van der Waals surface area contributed by atoms with Gasteiger partial charge < -0.3 is 14.8 Å². The summed E-state index contributed by atoms with van der Waals surface area (Å²) in [4.78, 5) is 12.2. The third-order valence-electron chi connectivity index (χ3n) is 3.76. The van der Waals surface area contributed by atoms with Crippen LogP contribution in [0.1, 0.15) is 15.9 Å². The number of ether oxygens (including phenoxy) is 2. The zero-order valence-corrected chi connectivity index (χ0v) is 15.1. The highest BCUT2D eigenvalue weighted by Crippen LogP contribution is 2.30. The van der Waals surface area contributed by atoms with E-state index in [1.165, 1.54) is 0 Å². The minimum atomic E-state index is -3.33. The molecule has 7 nitrogen and oxygen atoms in total. The molecule has 0 fully saturated rings. The molecule has 2 aromatic carbocycles. The summed E-state index contributed by atoms with van der Waals surface area (Å²) < 4.78 is 35.7. The zero-order chi connectivity index (χ0) is 18.6. The van der Waals surface area contributed by atoms with Crippen molar-refractivity contribution in [3.8, 4) is 11.5 Å². The summed E-state index contributed by atoms with van der Waals surface area (Å²) in [5.41, 5.74) is 1.92. The number of sulfonamides is 1. The maximum absolute atomic E-state index is 12.2. The van der Waals surface area contributed by atoms with Crippen LogP contribution in [0.5, 0.6) is 11.5 Å². The number of rotatable bonds is 6. The molecule has 1 aliphatic rings. The lowest BCUT2D eigenvalue weighted by Crippen LogP contribution is -2.25. The molecule has 0 aliphatic carbocycles. The number of carbonyl (C=O) groups excluding carboxylic acids is 1. The van der Waals surface area contributed by atoms with Crippen molar-refractivity contribution in [1.82, 2.24) is 5.32 Å². The first-order chi connectivity index (χ1) is 12.4. The number of hydrogen-bond acceptors (Lipinski definition) is 5. The van der Waals surface area contributed by atoms with Crippen LogP contribution >= 0.6 is 0 Å². The van der Waals surface area contributed by atoms with Gasteiger partial charge in [-0.25, -0.2) is 8.42 Å². The van der Waals surface area contributed by atoms with E-state index < -0.39 is 10.0 Å². The summed E-state index contributed by atoms with van der Waals surface area (Å²) in [5.74, 6) is 1.26. The predicted octanol–water partition coefficient (Wildman–Crippen LogP) is 1.80. The van der Waals surface area contributed by atoms with Crippen molar-refractivity contribution in [2.24, 2.45) is 0 Å². The second-order valence-electron chi connectivity index (χ2n) is 5.94. The molecule has 138 valence electrons. The first kappa shape index (κ1) is 18.1. The van der Waals surface area contributed by atoms with Crippen LogP contribution in [-0.4, -0.2) is 40.3 Å². The summed E-state index contributed by atoms with van der Waals surface area (Å²) in [6.45, 7) is 1.57. The van der Waals surface area contributed by atoms with Gasteiger partial charge in [-0.2, -0.15) is 0 Å². The summed E-state index contributed by atoms with van der Waals surface area (Å²) >= 11 is 0. The Kier molecular flexibility index (Phi) is 5.32. The molecule has 0 aromatic heterocycles. The molecule has 1 aliphatic heterocycles. The Morgan fingerprint density at radius 2 is 1.73 bits per heavy atom. The molecule has 0 atom stereocenters. The van der Waals surface area contributed by atoms with E-state index in [9.17, 15) is 13.2 Å². The maximum Gasteiger partial charge on any atom is 0.251 e. The van der Waals surface area contributed by atoms with Crippen LogP contribution in [0.2, 0.25) is 0 Å². The maximum atomic E-state index is 12.2. The Bertz CT molecular complexity index is 894. The van der Waals surface area contributed by atoms with Crippen LogP contribution in [0.4, 0.5) is 5.69 Å². The van der Waals surface area contributed by atoms with E-state index in [2.05, 4.69) is 10.0 Å². The Balaban J connectivity index is 1.52. The molecule has 1 amide bonds. The fourth-order valence-corrected chi connectivity index (χ4v) is 3.13. The Labute approximate surface area is 152 Å². The smallest absolute Gasteiger partial charge is 0.251 e. The lowest BCUT2D eigenvalue weighted by molar-refractivity contribution is 0.0954. The molecule has 2 N–H and O–H groups in total. The van der Waals surface area contributed by atoms with Gasteiger partial charge in [-0.3, -0.25) is 9.52 Å². The van der Waals surface area contributed by atoms with E-state index in [0.29, 0.717) is 37.4 Å². The molecule has 3 rings (SSSR count). The van der Waals surface area contributed by atoms with E-state index >= 15 is 0 Å². The van der Waals surface area contributed by atoms with Crippen molar-refractivity contribution in [3.05, 3.63) is 53.6 Å². The molecule has 0 bridgehead atoms. The third-order valence-corrected chi connectivity index (χ3v) is 4.36. The summed E-state index contributed by atoms with van der Waals surface area (Å²) in [6, 6.07) is 12.0. The molecule has 0 radical (unpaired) electrons. The minimum absolute atomic E-state index is 0.214. The lowest BCUT2D eigenvalue weighted by Gasteiger charge is -2.18. The molecular formula is C18H20N2O5S. The average Bonchev–Trinajstić information content (AvgIpc) is 2.61. The fourth-order valence-electron chi connectivity index (χ4n) is 2.57. The molecule has 0 spiro atoms. The molecular weight excluding hydrogens is 356 g/mol. The minimum Gasteiger partial charge on any atom is -0.486 e. The van der Waals surface area contributed by atoms with Gasteiger partial charge >= 0.3 is 0 Å². The Hall–Kier alpha value is -2.74. The predicted molar refractivity (Wildman–Crippen MR) is 98.4 cm³/mol. The van der Waals surface area contributed by atoms with Gasteiger partial charge in [0.15, 0.2) is 11.5 Å². The number of amides is 1. The van der Waals surface area contributed by atoms with E-state index in [0.717, 1.165) is 23.3 Å². The molecule has 2 aromatic rings. The van der Waals surface area contributed by atoms with Gasteiger partial charge in [0.05, 0.1) is 6.26 Å². The summed E-state index contributed by atoms with van der Waals surface area (Å²) in [6.07, 6.45) is 1.74. The van der Waals surface area contributed by atoms with Gasteiger partial charge in [0, 0.05) is 17.8 Å². The molecule has 0 unspecified atom stereocenters. The van der Waals surface area contributed by atoms with E-state index in [1.807, 2.05) is 18.2 Å². The largest absolute Gasteiger partial charge is 0.486 e. The number of anilines is 1. The highest BCUT2D eigenvalue weighted by molar-refractivity contribution is 7.92. The van der Waals surface area contributed by atoms with Crippen molar-refractivity contribution in [2.75, 3.05) is 30.7 Å². The van der Waals surface area contributed by atoms with Crippen LogP contribution < -0.4 is 19.5 Å². The SMILES string of the molecule is CS(=O)(=O)Nc1ccc(C(=O)NCCc2ccc3c(c2)OCCO3)cc1. The molecule has 8 heteroatoms. The Morgan fingerprint density at radius 1 is 1.04 bits per heavy atom. The van der Waals surface area contributed by atoms with Gasteiger partial charge in [-0.1, -0.05) is 6.07 Å². The van der Waals surface area contributed by atoms with Crippen molar-refractivity contribution in [2.45, 2.75) is 6.42 Å². The molecule has 1 heterocycles. The first-order valence-electron chi connectivity index (χ1n) is 8.15. The van der Waals surface area contributed by atoms with Crippen molar-refractivity contribution in [3.63, 3.8) is 0 Å². The average molecular weight is 376 g/mol. The van der Waals surface area contributed by atoms with Crippen LogP contribution in [0.3, 0.4) is 0 Å². The van der Waals surface area contributed by atoms with Crippen molar-refractivity contribution in [1.29, 1.82) is 0 Å². The fraction of sp³-hybridized carbons (Fsp3) is 0.278. The summed E-state index contributed by atoms with van der Waals surface area (Å²) in [5, 5.41) is 2.85. The van der Waals surface area contributed by atoms with Crippen LogP contribution in [0, 0.1) is 0 Å². The summed E-state index contributed by atoms with van der Waals surface area (Å²) in [7, 11) is -3.33. The van der Waals surface area contributed by atoms with Crippen LogP contribution in [0.25, 0.3) is 0 Å². The van der Waals surface area contributed by atoms with E-state index in [-0.39, 0.29) is 5.91 Å². The second-order valence-corrected chi connectivity index (χ2v) is 7.68. The quantitative estimate of drug-likeness (QED) is 0.802. The number of fused-ring (bicyclic) bond motifs is 1. The molecule has 0 saturated carbocycles. The normalized spacial score (nSPS) is 13.1. The van der Waals surface area contributed by atoms with Crippen LogP contribution in [-0.2, 0) is 16.4 Å². The van der Waals surface area contributed by atoms with Crippen LogP contribution in [0.15, 0.2) is 42.5 Å². The highest BCUT2D eigenvalue weighted by Gasteiger charge is 2.12. The van der Waals surface area contributed by atoms with Gasteiger partial charge in [0.1, 0.15) is 13.2 Å². The zero-order valence-electron chi connectivity index (χ0n) is 14.3. The third kappa shape index (κ3) is 4.89. The highest BCUT2D eigenvalue weighted by atomic mass is 32.2. The standard InChI is InChI=1S/C18H20N2O5S/c1-26(22,23)20-15-5-3-14(4-6-15)18(21)19-9-8-13-2-7-16-17(12-13)25-11-10-24-16/h2-7,12,20H,8-11H2,1H3,(H,19,21). The van der Waals surface area contributed by atoms with Gasteiger partial charge in [0.2, 0.25) is 10.0 Å². The number of nitrogens with one attached hydrogen (secondary N) is 2. The Morgan fingerprint density at radius 3 is 2.42 bits per heavy atom. The number of hydrogen-bond donors (Lipinski definition) is 2. The second kappa shape index (κ2) is 7.65. The van der Waals surface area contributed by atoms with Gasteiger partial charge in [-0.15, -0.1) is 0 Å². The number of benzene rings is 2. The van der Waals surface area contributed by atoms with Crippen molar-refractivity contribution >= 4 is 21.6 Å². The van der Waals surface area contributed by atoms with E-state index in [1.54, 1.807) is 24.3 Å². The monoisotopic (exact) mass is 376 g/mol. The number of carbonyl (C=O) groups is 1. The van der Waals surface area contributed by atoms with Gasteiger partial charge in [0.25, 0.3) is 5.91 Å². The molecule has 26 heavy (non-hydrogen) atoms. The van der Waals surface area contributed by atoms with Crippen molar-refractivity contribution < 1.29 is 22.7 Å².